The fourth-order valence-corrected chi connectivity index (χ4v) is 4.36. The minimum Gasteiger partial charge on any atom is -0.335 e. The van der Waals surface area contributed by atoms with Crippen molar-refractivity contribution in [1.82, 2.24) is 4.90 Å². The normalized spacial score (nSPS) is 22.2. The van der Waals surface area contributed by atoms with E-state index in [0.717, 1.165) is 16.7 Å². The minimum atomic E-state index is -0.255. The van der Waals surface area contributed by atoms with Crippen LogP contribution < -0.4 is 5.73 Å². The number of hydrogen-bond acceptors (Lipinski definition) is 3. The zero-order chi connectivity index (χ0) is 15.1. The van der Waals surface area contributed by atoms with E-state index in [9.17, 15) is 9.18 Å². The second-order valence-electron chi connectivity index (χ2n) is 5.81. The molecular weight excluding hydrogens is 287 g/mol. The van der Waals surface area contributed by atoms with Gasteiger partial charge in [-0.3, -0.25) is 4.79 Å². The summed E-state index contributed by atoms with van der Waals surface area (Å²) < 4.78 is 14.8. The lowest BCUT2D eigenvalue weighted by Crippen LogP contribution is -2.34. The first-order valence-electron chi connectivity index (χ1n) is 7.21. The zero-order valence-corrected chi connectivity index (χ0v) is 13.0. The van der Waals surface area contributed by atoms with Gasteiger partial charge in [-0.05, 0) is 50.4 Å². The number of thiophene rings is 1. The number of hydrogen-bond donors (Lipinski definition) is 1. The summed E-state index contributed by atoms with van der Waals surface area (Å²) in [5.74, 6) is 0.126. The van der Waals surface area contributed by atoms with Crippen molar-refractivity contribution in [1.29, 1.82) is 0 Å². The summed E-state index contributed by atoms with van der Waals surface area (Å²) in [6, 6.07) is 5.19. The van der Waals surface area contributed by atoms with Crippen LogP contribution in [0.15, 0.2) is 18.2 Å². The largest absolute Gasteiger partial charge is 0.335 e. The van der Waals surface area contributed by atoms with Crippen LogP contribution in [0, 0.1) is 18.7 Å². The molecule has 3 rings (SSSR count). The Morgan fingerprint density at radius 3 is 2.90 bits per heavy atom. The third kappa shape index (κ3) is 2.34. The van der Waals surface area contributed by atoms with E-state index in [2.05, 4.69) is 6.92 Å². The topological polar surface area (TPSA) is 46.3 Å². The molecule has 5 heteroatoms. The Labute approximate surface area is 127 Å². The number of rotatable bonds is 2. The Morgan fingerprint density at radius 2 is 2.29 bits per heavy atom. The molecule has 2 aromatic rings. The van der Waals surface area contributed by atoms with Crippen molar-refractivity contribution in [3.05, 3.63) is 34.5 Å². The summed E-state index contributed by atoms with van der Waals surface area (Å²) in [6.07, 6.45) is 0.945. The molecule has 0 radical (unpaired) electrons. The molecule has 1 aromatic carbocycles. The molecule has 1 amide bonds. The van der Waals surface area contributed by atoms with Gasteiger partial charge in [0.2, 0.25) is 0 Å². The van der Waals surface area contributed by atoms with Gasteiger partial charge >= 0.3 is 0 Å². The smallest absolute Gasteiger partial charge is 0.264 e. The Balaban J connectivity index is 1.99. The van der Waals surface area contributed by atoms with Gasteiger partial charge in [-0.15, -0.1) is 11.3 Å². The lowest BCUT2D eigenvalue weighted by Gasteiger charge is -2.21. The summed E-state index contributed by atoms with van der Waals surface area (Å²) in [4.78, 5) is 15.3. The number of aryl methyl sites for hydroxylation is 1. The van der Waals surface area contributed by atoms with Crippen molar-refractivity contribution in [3.8, 4) is 0 Å². The molecule has 1 aliphatic rings. The Kier molecular flexibility index (Phi) is 3.71. The first-order chi connectivity index (χ1) is 10.0. The number of amides is 1. The van der Waals surface area contributed by atoms with Crippen LogP contribution in [-0.4, -0.2) is 29.9 Å². The van der Waals surface area contributed by atoms with Gasteiger partial charge in [0, 0.05) is 22.7 Å². The van der Waals surface area contributed by atoms with Crippen LogP contribution in [0.25, 0.3) is 10.1 Å². The molecule has 1 aliphatic heterocycles. The predicted molar refractivity (Wildman–Crippen MR) is 84.2 cm³/mol. The fraction of sp³-hybridized carbons (Fsp3) is 0.438. The maximum Gasteiger partial charge on any atom is 0.264 e. The quantitative estimate of drug-likeness (QED) is 0.926. The number of fused-ring (bicyclic) bond motifs is 1. The summed E-state index contributed by atoms with van der Waals surface area (Å²) >= 11 is 1.38. The molecule has 0 aliphatic carbocycles. The van der Waals surface area contributed by atoms with E-state index in [1.165, 1.54) is 17.4 Å². The summed E-state index contributed by atoms with van der Waals surface area (Å²) in [7, 11) is 0. The van der Waals surface area contributed by atoms with Gasteiger partial charge in [-0.2, -0.15) is 0 Å². The Morgan fingerprint density at radius 1 is 1.52 bits per heavy atom. The first-order valence-corrected chi connectivity index (χ1v) is 8.03. The number of carbonyl (C=O) groups excluding carboxylic acids is 1. The number of benzene rings is 1. The average molecular weight is 306 g/mol. The maximum absolute atomic E-state index is 14.0. The molecule has 2 unspecified atom stereocenters. The van der Waals surface area contributed by atoms with E-state index in [0.29, 0.717) is 29.3 Å². The molecule has 112 valence electrons. The van der Waals surface area contributed by atoms with Crippen LogP contribution in [0.4, 0.5) is 4.39 Å². The summed E-state index contributed by atoms with van der Waals surface area (Å²) in [5.41, 5.74) is 6.47. The Bertz CT molecular complexity index is 697. The van der Waals surface area contributed by atoms with Crippen LogP contribution in [0.3, 0.4) is 0 Å². The van der Waals surface area contributed by atoms with E-state index >= 15 is 0 Å². The van der Waals surface area contributed by atoms with Crippen molar-refractivity contribution >= 4 is 27.3 Å². The van der Waals surface area contributed by atoms with Gasteiger partial charge in [0.25, 0.3) is 5.91 Å². The average Bonchev–Trinajstić information content (AvgIpc) is 3.00. The number of carbonyl (C=O) groups is 1. The second kappa shape index (κ2) is 5.39. The van der Waals surface area contributed by atoms with E-state index in [1.54, 1.807) is 6.07 Å². The molecule has 1 fully saturated rings. The van der Waals surface area contributed by atoms with Crippen molar-refractivity contribution in [2.24, 2.45) is 11.7 Å². The highest BCUT2D eigenvalue weighted by Crippen LogP contribution is 2.35. The molecule has 0 spiro atoms. The summed E-state index contributed by atoms with van der Waals surface area (Å²) in [5, 5.41) is 0.577. The lowest BCUT2D eigenvalue weighted by molar-refractivity contribution is 0.0748. The fourth-order valence-electron chi connectivity index (χ4n) is 3.18. The van der Waals surface area contributed by atoms with Crippen molar-refractivity contribution < 1.29 is 9.18 Å². The van der Waals surface area contributed by atoms with E-state index in [4.69, 9.17) is 5.73 Å². The van der Waals surface area contributed by atoms with Gasteiger partial charge in [0.15, 0.2) is 0 Å². The summed E-state index contributed by atoms with van der Waals surface area (Å²) in [6.45, 7) is 5.19. The molecule has 21 heavy (non-hydrogen) atoms. The highest BCUT2D eigenvalue weighted by molar-refractivity contribution is 7.21. The predicted octanol–water partition coefficient (Wildman–Crippen LogP) is 3.16. The van der Waals surface area contributed by atoms with Crippen LogP contribution in [-0.2, 0) is 0 Å². The molecule has 3 nitrogen and oxygen atoms in total. The SMILES string of the molecule is Cc1c(C(=O)N2CC(CN)CC2C)sc2cccc(F)c12. The van der Waals surface area contributed by atoms with E-state index < -0.39 is 0 Å². The number of nitrogens with zero attached hydrogens (tertiary/aromatic N) is 1. The van der Waals surface area contributed by atoms with Gasteiger partial charge in [0.05, 0.1) is 4.88 Å². The van der Waals surface area contributed by atoms with Crippen molar-refractivity contribution in [2.45, 2.75) is 26.3 Å². The molecule has 2 atom stereocenters. The molecule has 0 bridgehead atoms. The maximum atomic E-state index is 14.0. The second-order valence-corrected chi connectivity index (χ2v) is 6.87. The van der Waals surface area contributed by atoms with E-state index in [1.807, 2.05) is 17.9 Å². The van der Waals surface area contributed by atoms with Crippen molar-refractivity contribution in [3.63, 3.8) is 0 Å². The highest BCUT2D eigenvalue weighted by atomic mass is 32.1. The third-order valence-corrected chi connectivity index (χ3v) is 5.60. The van der Waals surface area contributed by atoms with Crippen LogP contribution >= 0.6 is 11.3 Å². The molecule has 0 saturated carbocycles. The number of likely N-dealkylation sites (tertiary alicyclic amines) is 1. The molecule has 1 aromatic heterocycles. The van der Waals surface area contributed by atoms with Crippen LogP contribution in [0.2, 0.25) is 0 Å². The van der Waals surface area contributed by atoms with Gasteiger partial charge in [-0.25, -0.2) is 4.39 Å². The molecule has 2 heterocycles. The van der Waals surface area contributed by atoms with Crippen molar-refractivity contribution in [2.75, 3.05) is 13.1 Å². The third-order valence-electron chi connectivity index (χ3n) is 4.35. The zero-order valence-electron chi connectivity index (χ0n) is 12.2. The number of halogens is 1. The standard InChI is InChI=1S/C16H19FN2OS/c1-9-6-11(7-18)8-19(9)16(20)15-10(2)14-12(17)4-3-5-13(14)21-15/h3-5,9,11H,6-8,18H2,1-2H3. The van der Waals surface area contributed by atoms with Gasteiger partial charge in [-0.1, -0.05) is 6.07 Å². The minimum absolute atomic E-state index is 0.0107. The van der Waals surface area contributed by atoms with Crippen LogP contribution in [0.5, 0.6) is 0 Å². The molecule has 2 N–H and O–H groups in total. The first kappa shape index (κ1) is 14.5. The molecule has 1 saturated heterocycles. The lowest BCUT2D eigenvalue weighted by atomic mass is 10.1. The van der Waals surface area contributed by atoms with Gasteiger partial charge in [0.1, 0.15) is 5.82 Å². The monoisotopic (exact) mass is 306 g/mol. The van der Waals surface area contributed by atoms with Gasteiger partial charge < -0.3 is 10.6 Å². The highest BCUT2D eigenvalue weighted by Gasteiger charge is 2.33. The van der Waals surface area contributed by atoms with E-state index in [-0.39, 0.29) is 17.8 Å². The molecular formula is C16H19FN2OS. The van der Waals surface area contributed by atoms with Crippen LogP contribution in [0.1, 0.15) is 28.6 Å². The Hall–Kier alpha value is -1.46. The number of nitrogens with two attached hydrogens (primary N) is 1.